The van der Waals surface area contributed by atoms with Gasteiger partial charge < -0.3 is 4.98 Å². The molecule has 0 aliphatic carbocycles. The molecule has 0 radical (unpaired) electrons. The van der Waals surface area contributed by atoms with Crippen LogP contribution in [0, 0.1) is 17.0 Å². The van der Waals surface area contributed by atoms with E-state index in [9.17, 15) is 10.1 Å². The molecule has 0 spiro atoms. The molecule has 0 atom stereocenters. The molecule has 0 saturated carbocycles. The van der Waals surface area contributed by atoms with E-state index >= 15 is 0 Å². The summed E-state index contributed by atoms with van der Waals surface area (Å²) in [6.07, 6.45) is 0.934. The summed E-state index contributed by atoms with van der Waals surface area (Å²) in [4.78, 5) is 13.4. The Hall–Kier alpha value is -1.84. The number of aromatic nitrogens is 1. The summed E-state index contributed by atoms with van der Waals surface area (Å²) in [6, 6.07) is 4.95. The van der Waals surface area contributed by atoms with Gasteiger partial charge in [-0.2, -0.15) is 0 Å². The summed E-state index contributed by atoms with van der Waals surface area (Å²) in [7, 11) is 0. The zero-order chi connectivity index (χ0) is 11.0. The van der Waals surface area contributed by atoms with Crippen LogP contribution in [0.4, 0.5) is 5.69 Å². The number of nitro groups is 1. The fraction of sp³-hybridized carbons (Fsp3) is 0.273. The molecule has 0 bridgehead atoms. The van der Waals surface area contributed by atoms with Crippen LogP contribution in [-0.4, -0.2) is 9.91 Å². The predicted molar refractivity (Wildman–Crippen MR) is 59.1 cm³/mol. The second kappa shape index (κ2) is 3.38. The molecule has 1 heterocycles. The maximum Gasteiger partial charge on any atom is 0.271 e. The first-order valence-corrected chi connectivity index (χ1v) is 4.89. The third-order valence-corrected chi connectivity index (χ3v) is 2.67. The number of rotatable bonds is 2. The van der Waals surface area contributed by atoms with Gasteiger partial charge in [0.05, 0.1) is 10.4 Å². The highest BCUT2D eigenvalue weighted by atomic mass is 16.6. The lowest BCUT2D eigenvalue weighted by atomic mass is 10.1. The summed E-state index contributed by atoms with van der Waals surface area (Å²) < 4.78 is 0. The van der Waals surface area contributed by atoms with Gasteiger partial charge in [0, 0.05) is 23.2 Å². The number of fused-ring (bicyclic) bond motifs is 1. The molecule has 0 amide bonds. The van der Waals surface area contributed by atoms with Crippen molar-refractivity contribution in [3.8, 4) is 0 Å². The second-order valence-corrected chi connectivity index (χ2v) is 3.57. The van der Waals surface area contributed by atoms with E-state index in [1.807, 2.05) is 13.0 Å². The van der Waals surface area contributed by atoms with E-state index in [0.29, 0.717) is 0 Å². The number of nitrogens with one attached hydrogen (secondary N) is 1. The highest BCUT2D eigenvalue weighted by Crippen LogP contribution is 2.26. The van der Waals surface area contributed by atoms with E-state index in [0.717, 1.165) is 23.0 Å². The molecule has 1 aromatic heterocycles. The molecule has 0 saturated heterocycles. The Morgan fingerprint density at radius 2 is 2.20 bits per heavy atom. The first-order valence-electron chi connectivity index (χ1n) is 4.89. The average molecular weight is 204 g/mol. The third kappa shape index (κ3) is 1.48. The number of non-ortho nitro benzene ring substituents is 1. The maximum atomic E-state index is 10.6. The van der Waals surface area contributed by atoms with Gasteiger partial charge in [0.15, 0.2) is 0 Å². The first-order chi connectivity index (χ1) is 7.13. The Morgan fingerprint density at radius 1 is 1.47 bits per heavy atom. The van der Waals surface area contributed by atoms with Crippen LogP contribution in [0.3, 0.4) is 0 Å². The Morgan fingerprint density at radius 3 is 2.80 bits per heavy atom. The molecule has 4 nitrogen and oxygen atoms in total. The van der Waals surface area contributed by atoms with E-state index < -0.39 is 0 Å². The van der Waals surface area contributed by atoms with Crippen molar-refractivity contribution in [2.75, 3.05) is 0 Å². The Bertz CT molecular complexity index is 529. The predicted octanol–water partition coefficient (Wildman–Crippen LogP) is 2.95. The molecule has 78 valence electrons. The molecule has 0 fully saturated rings. The van der Waals surface area contributed by atoms with Crippen molar-refractivity contribution in [2.24, 2.45) is 0 Å². The molecule has 1 N–H and O–H groups in total. The largest absolute Gasteiger partial charge is 0.358 e. The van der Waals surface area contributed by atoms with Crippen LogP contribution in [0.5, 0.6) is 0 Å². The monoisotopic (exact) mass is 204 g/mol. The van der Waals surface area contributed by atoms with Crippen LogP contribution in [0.25, 0.3) is 10.9 Å². The molecular formula is C11H12N2O2. The van der Waals surface area contributed by atoms with E-state index in [-0.39, 0.29) is 10.6 Å². The minimum absolute atomic E-state index is 0.131. The first kappa shape index (κ1) is 9.71. The second-order valence-electron chi connectivity index (χ2n) is 3.57. The van der Waals surface area contributed by atoms with Crippen LogP contribution >= 0.6 is 0 Å². The molecule has 1 aromatic carbocycles. The van der Waals surface area contributed by atoms with Gasteiger partial charge in [0.1, 0.15) is 0 Å². The summed E-state index contributed by atoms with van der Waals surface area (Å²) >= 11 is 0. The van der Waals surface area contributed by atoms with Crippen LogP contribution in [0.15, 0.2) is 18.2 Å². The van der Waals surface area contributed by atoms with Crippen LogP contribution < -0.4 is 0 Å². The SMILES string of the molecule is CCc1c(C)[nH]c2cc([N+](=O)[O-])ccc12. The average Bonchev–Trinajstić information content (AvgIpc) is 2.51. The maximum absolute atomic E-state index is 10.6. The van der Waals surface area contributed by atoms with Crippen molar-refractivity contribution < 1.29 is 4.92 Å². The number of aromatic amines is 1. The Labute approximate surface area is 87.1 Å². The van der Waals surface area contributed by atoms with Crippen LogP contribution in [-0.2, 0) is 6.42 Å². The molecule has 0 unspecified atom stereocenters. The highest BCUT2D eigenvalue weighted by Gasteiger charge is 2.11. The quantitative estimate of drug-likeness (QED) is 0.604. The van der Waals surface area contributed by atoms with Gasteiger partial charge in [-0.3, -0.25) is 10.1 Å². The van der Waals surface area contributed by atoms with Crippen molar-refractivity contribution in [2.45, 2.75) is 20.3 Å². The molecule has 0 aliphatic heterocycles. The van der Waals surface area contributed by atoms with E-state index in [1.165, 1.54) is 5.56 Å². The number of aryl methyl sites for hydroxylation is 2. The van der Waals surface area contributed by atoms with Gasteiger partial charge in [-0.1, -0.05) is 6.92 Å². The number of hydrogen-bond acceptors (Lipinski definition) is 2. The summed E-state index contributed by atoms with van der Waals surface area (Å²) in [6.45, 7) is 4.07. The standard InChI is InChI=1S/C11H12N2O2/c1-3-9-7(2)12-11-6-8(13(14)15)4-5-10(9)11/h4-6,12H,3H2,1-2H3. The molecule has 2 rings (SSSR count). The zero-order valence-corrected chi connectivity index (χ0v) is 8.70. The summed E-state index contributed by atoms with van der Waals surface area (Å²) in [5, 5.41) is 11.7. The fourth-order valence-corrected chi connectivity index (χ4v) is 1.95. The molecule has 2 aromatic rings. The minimum Gasteiger partial charge on any atom is -0.358 e. The van der Waals surface area contributed by atoms with Gasteiger partial charge in [0.2, 0.25) is 0 Å². The van der Waals surface area contributed by atoms with E-state index in [1.54, 1.807) is 12.1 Å². The van der Waals surface area contributed by atoms with E-state index in [4.69, 9.17) is 0 Å². The lowest BCUT2D eigenvalue weighted by Crippen LogP contribution is -1.86. The van der Waals surface area contributed by atoms with Gasteiger partial charge in [-0.15, -0.1) is 0 Å². The van der Waals surface area contributed by atoms with Crippen molar-refractivity contribution in [1.29, 1.82) is 0 Å². The lowest BCUT2D eigenvalue weighted by Gasteiger charge is -1.95. The van der Waals surface area contributed by atoms with Gasteiger partial charge in [-0.25, -0.2) is 0 Å². The normalized spacial score (nSPS) is 10.8. The van der Waals surface area contributed by atoms with Crippen molar-refractivity contribution in [1.82, 2.24) is 4.98 Å². The number of hydrogen-bond donors (Lipinski definition) is 1. The van der Waals surface area contributed by atoms with E-state index in [2.05, 4.69) is 11.9 Å². The van der Waals surface area contributed by atoms with Gasteiger partial charge in [-0.05, 0) is 25.0 Å². The van der Waals surface area contributed by atoms with Crippen molar-refractivity contribution in [3.05, 3.63) is 39.6 Å². The number of H-pyrrole nitrogens is 1. The minimum atomic E-state index is -0.374. The molecule has 0 aliphatic rings. The summed E-state index contributed by atoms with van der Waals surface area (Å²) in [5.41, 5.74) is 3.30. The lowest BCUT2D eigenvalue weighted by molar-refractivity contribution is -0.384. The third-order valence-electron chi connectivity index (χ3n) is 2.67. The molecule has 4 heteroatoms. The summed E-state index contributed by atoms with van der Waals surface area (Å²) in [5.74, 6) is 0. The fourth-order valence-electron chi connectivity index (χ4n) is 1.95. The van der Waals surface area contributed by atoms with Gasteiger partial charge >= 0.3 is 0 Å². The number of nitrogens with zero attached hydrogens (tertiary/aromatic N) is 1. The highest BCUT2D eigenvalue weighted by molar-refractivity contribution is 5.86. The topological polar surface area (TPSA) is 58.9 Å². The molecular weight excluding hydrogens is 192 g/mol. The van der Waals surface area contributed by atoms with Gasteiger partial charge in [0.25, 0.3) is 5.69 Å². The Balaban J connectivity index is 2.69. The van der Waals surface area contributed by atoms with Crippen molar-refractivity contribution >= 4 is 16.6 Å². The molecule has 15 heavy (non-hydrogen) atoms. The van der Waals surface area contributed by atoms with Crippen LogP contribution in [0.2, 0.25) is 0 Å². The van der Waals surface area contributed by atoms with Crippen LogP contribution in [0.1, 0.15) is 18.2 Å². The Kier molecular flexibility index (Phi) is 2.19. The number of nitro benzene ring substituents is 1. The van der Waals surface area contributed by atoms with Crippen molar-refractivity contribution in [3.63, 3.8) is 0 Å². The number of benzene rings is 1. The zero-order valence-electron chi connectivity index (χ0n) is 8.70. The smallest absolute Gasteiger partial charge is 0.271 e.